The van der Waals surface area contributed by atoms with E-state index in [-0.39, 0.29) is 11.9 Å². The summed E-state index contributed by atoms with van der Waals surface area (Å²) in [6.07, 6.45) is 2.50. The van der Waals surface area contributed by atoms with E-state index in [0.717, 1.165) is 24.9 Å². The van der Waals surface area contributed by atoms with Crippen LogP contribution in [0.2, 0.25) is 0 Å². The van der Waals surface area contributed by atoms with Gasteiger partial charge in [-0.15, -0.1) is 0 Å². The predicted molar refractivity (Wildman–Crippen MR) is 74.4 cm³/mol. The third-order valence-corrected chi connectivity index (χ3v) is 3.74. The highest BCUT2D eigenvalue weighted by Gasteiger charge is 2.29. The summed E-state index contributed by atoms with van der Waals surface area (Å²) in [5.74, 6) is 0.116. The third-order valence-electron chi connectivity index (χ3n) is 3.74. The first-order valence-corrected chi connectivity index (χ1v) is 6.95. The van der Waals surface area contributed by atoms with Crippen LogP contribution < -0.4 is 5.73 Å². The molecule has 1 aromatic carbocycles. The number of nitrogens with two attached hydrogens (primary N) is 1. The topological polar surface area (TPSA) is 66.6 Å². The fourth-order valence-corrected chi connectivity index (χ4v) is 2.75. The van der Waals surface area contributed by atoms with Crippen LogP contribution >= 0.6 is 0 Å². The van der Waals surface area contributed by atoms with E-state index in [1.165, 1.54) is 0 Å². The number of carbonyl (C=O) groups excluding carboxylic acids is 1. The van der Waals surface area contributed by atoms with Gasteiger partial charge in [-0.1, -0.05) is 30.3 Å². The normalized spacial score (nSPS) is 20.5. The molecule has 0 saturated carbocycles. The summed E-state index contributed by atoms with van der Waals surface area (Å²) in [6.45, 7) is 1.19. The molecule has 1 saturated heterocycles. The monoisotopic (exact) mass is 262 g/mol. The predicted octanol–water partition coefficient (Wildman–Crippen LogP) is 1.45. The average molecular weight is 262 g/mol. The highest BCUT2D eigenvalue weighted by atomic mass is 16.3. The molecule has 1 aliphatic rings. The molecule has 1 aliphatic heterocycles. The second-order valence-electron chi connectivity index (χ2n) is 5.08. The lowest BCUT2D eigenvalue weighted by atomic mass is 10.0. The molecule has 4 nitrogen and oxygen atoms in total. The van der Waals surface area contributed by atoms with E-state index in [9.17, 15) is 9.90 Å². The van der Waals surface area contributed by atoms with E-state index < -0.39 is 6.10 Å². The Hall–Kier alpha value is -1.39. The Kier molecular flexibility index (Phi) is 4.93. The highest BCUT2D eigenvalue weighted by molar-refractivity contribution is 5.77. The Bertz CT molecular complexity index is 408. The van der Waals surface area contributed by atoms with Gasteiger partial charge in [-0.05, 0) is 24.8 Å². The number of rotatable bonds is 5. The molecule has 0 bridgehead atoms. The van der Waals surface area contributed by atoms with Crippen LogP contribution in [0.1, 0.15) is 37.4 Å². The van der Waals surface area contributed by atoms with E-state index in [4.69, 9.17) is 5.73 Å². The lowest BCUT2D eigenvalue weighted by Gasteiger charge is -2.26. The van der Waals surface area contributed by atoms with Crippen molar-refractivity contribution in [2.45, 2.75) is 37.8 Å². The summed E-state index contributed by atoms with van der Waals surface area (Å²) < 4.78 is 0. The number of carbonyl (C=O) groups is 1. The molecule has 3 N–H and O–H groups in total. The van der Waals surface area contributed by atoms with Crippen molar-refractivity contribution in [2.24, 2.45) is 5.73 Å². The second kappa shape index (κ2) is 6.68. The van der Waals surface area contributed by atoms with Crippen LogP contribution in [0.4, 0.5) is 0 Å². The third kappa shape index (κ3) is 3.55. The molecule has 1 fully saturated rings. The molecule has 0 spiro atoms. The molecule has 1 heterocycles. The van der Waals surface area contributed by atoms with Crippen LogP contribution in [0, 0.1) is 0 Å². The van der Waals surface area contributed by atoms with Gasteiger partial charge in [0.15, 0.2) is 0 Å². The standard InChI is InChI=1S/C15H22N2O2/c16-9-8-15(19)17-10-4-7-13(17)11-14(18)12-5-2-1-3-6-12/h1-3,5-6,13-14,18H,4,7-11,16H2/t13-,14-/m1/s1. The summed E-state index contributed by atoms with van der Waals surface area (Å²) in [5, 5.41) is 10.2. The van der Waals surface area contributed by atoms with Crippen molar-refractivity contribution in [1.82, 2.24) is 4.90 Å². The van der Waals surface area contributed by atoms with Crippen molar-refractivity contribution in [3.05, 3.63) is 35.9 Å². The van der Waals surface area contributed by atoms with Crippen LogP contribution in [0.3, 0.4) is 0 Å². The minimum absolute atomic E-state index is 0.116. The maximum atomic E-state index is 11.9. The molecule has 1 amide bonds. The van der Waals surface area contributed by atoms with Crippen molar-refractivity contribution in [1.29, 1.82) is 0 Å². The molecule has 2 atom stereocenters. The Balaban J connectivity index is 1.96. The zero-order chi connectivity index (χ0) is 13.7. The van der Waals surface area contributed by atoms with Gasteiger partial charge in [-0.2, -0.15) is 0 Å². The van der Waals surface area contributed by atoms with Gasteiger partial charge in [0, 0.05) is 25.6 Å². The molecule has 2 rings (SSSR count). The van der Waals surface area contributed by atoms with Gasteiger partial charge in [0.1, 0.15) is 0 Å². The van der Waals surface area contributed by atoms with E-state index >= 15 is 0 Å². The van der Waals surface area contributed by atoms with Crippen LogP contribution in [0.5, 0.6) is 0 Å². The first kappa shape index (κ1) is 14.0. The second-order valence-corrected chi connectivity index (χ2v) is 5.08. The number of amides is 1. The number of nitrogens with zero attached hydrogens (tertiary/aromatic N) is 1. The fraction of sp³-hybridized carbons (Fsp3) is 0.533. The lowest BCUT2D eigenvalue weighted by molar-refractivity contribution is -0.132. The number of benzene rings is 1. The zero-order valence-corrected chi connectivity index (χ0v) is 11.2. The number of likely N-dealkylation sites (tertiary alicyclic amines) is 1. The fourth-order valence-electron chi connectivity index (χ4n) is 2.75. The first-order chi connectivity index (χ1) is 9.22. The van der Waals surface area contributed by atoms with Gasteiger partial charge in [-0.25, -0.2) is 0 Å². The average Bonchev–Trinajstić information content (AvgIpc) is 2.88. The molecule has 0 unspecified atom stereocenters. The van der Waals surface area contributed by atoms with Crippen LogP contribution in [-0.2, 0) is 4.79 Å². The van der Waals surface area contributed by atoms with E-state index in [2.05, 4.69) is 0 Å². The van der Waals surface area contributed by atoms with E-state index in [1.54, 1.807) is 0 Å². The Morgan fingerprint density at radius 3 is 2.84 bits per heavy atom. The summed E-state index contributed by atoms with van der Waals surface area (Å²) >= 11 is 0. The number of hydrogen-bond donors (Lipinski definition) is 2. The van der Waals surface area contributed by atoms with E-state index in [0.29, 0.717) is 19.4 Å². The minimum atomic E-state index is -0.502. The van der Waals surface area contributed by atoms with Crippen molar-refractivity contribution in [3.63, 3.8) is 0 Å². The Morgan fingerprint density at radius 2 is 2.16 bits per heavy atom. The van der Waals surface area contributed by atoms with Crippen LogP contribution in [-0.4, -0.2) is 35.0 Å². The largest absolute Gasteiger partial charge is 0.388 e. The van der Waals surface area contributed by atoms with Crippen molar-refractivity contribution in [3.8, 4) is 0 Å². The van der Waals surface area contributed by atoms with Crippen molar-refractivity contribution >= 4 is 5.91 Å². The van der Waals surface area contributed by atoms with Crippen LogP contribution in [0.15, 0.2) is 30.3 Å². The highest BCUT2D eigenvalue weighted by Crippen LogP contribution is 2.27. The number of hydrogen-bond acceptors (Lipinski definition) is 3. The summed E-state index contributed by atoms with van der Waals surface area (Å²) in [7, 11) is 0. The Morgan fingerprint density at radius 1 is 1.42 bits per heavy atom. The van der Waals surface area contributed by atoms with Crippen LogP contribution in [0.25, 0.3) is 0 Å². The zero-order valence-electron chi connectivity index (χ0n) is 11.2. The molecule has 104 valence electrons. The molecular formula is C15H22N2O2. The van der Waals surface area contributed by atoms with Crippen molar-refractivity contribution in [2.75, 3.05) is 13.1 Å². The molecule has 1 aromatic rings. The molecular weight excluding hydrogens is 240 g/mol. The van der Waals surface area contributed by atoms with Gasteiger partial charge >= 0.3 is 0 Å². The van der Waals surface area contributed by atoms with Gasteiger partial charge in [-0.3, -0.25) is 4.79 Å². The SMILES string of the molecule is NCCC(=O)N1CCC[C@@H]1C[C@@H](O)c1ccccc1. The molecule has 0 radical (unpaired) electrons. The quantitative estimate of drug-likeness (QED) is 0.844. The van der Waals surface area contributed by atoms with Crippen molar-refractivity contribution < 1.29 is 9.90 Å². The maximum absolute atomic E-state index is 11.9. The summed E-state index contributed by atoms with van der Waals surface area (Å²) in [6, 6.07) is 9.77. The van der Waals surface area contributed by atoms with E-state index in [1.807, 2.05) is 35.2 Å². The molecule has 4 heteroatoms. The molecule has 19 heavy (non-hydrogen) atoms. The number of aliphatic hydroxyl groups is 1. The van der Waals surface area contributed by atoms with Gasteiger partial charge < -0.3 is 15.7 Å². The molecule has 0 aromatic heterocycles. The Labute approximate surface area is 114 Å². The summed E-state index contributed by atoms with van der Waals surface area (Å²) in [5.41, 5.74) is 6.36. The van der Waals surface area contributed by atoms with Gasteiger partial charge in [0.25, 0.3) is 0 Å². The molecule has 0 aliphatic carbocycles. The maximum Gasteiger partial charge on any atom is 0.224 e. The lowest BCUT2D eigenvalue weighted by Crippen LogP contribution is -2.37. The first-order valence-electron chi connectivity index (χ1n) is 6.95. The van der Waals surface area contributed by atoms with Gasteiger partial charge in [0.05, 0.1) is 6.10 Å². The summed E-state index contributed by atoms with van der Waals surface area (Å²) in [4.78, 5) is 13.8. The van der Waals surface area contributed by atoms with Gasteiger partial charge in [0.2, 0.25) is 5.91 Å². The minimum Gasteiger partial charge on any atom is -0.388 e. The smallest absolute Gasteiger partial charge is 0.224 e. The number of aliphatic hydroxyl groups excluding tert-OH is 1.